The van der Waals surface area contributed by atoms with Crippen LogP contribution in [0.1, 0.15) is 159 Å². The lowest BCUT2D eigenvalue weighted by molar-refractivity contribution is -0.143. The van der Waals surface area contributed by atoms with Crippen LogP contribution in [0.5, 0.6) is 5.75 Å². The first-order valence-electron chi connectivity index (χ1n) is 34.7. The molecule has 1 aliphatic heterocycles. The van der Waals surface area contributed by atoms with Crippen LogP contribution in [-0.4, -0.2) is 196 Å². The van der Waals surface area contributed by atoms with Gasteiger partial charge in [-0.1, -0.05) is 99.4 Å². The summed E-state index contributed by atoms with van der Waals surface area (Å²) in [6.07, 6.45) is 4.16. The van der Waals surface area contributed by atoms with E-state index in [1.54, 1.807) is 62.5 Å². The molecule has 10 amide bonds. The number of alkyl carbamates (subject to hydrolysis) is 1. The molecule has 0 radical (unpaired) electrons. The number of amides is 10. The molecule has 0 saturated carbocycles. The van der Waals surface area contributed by atoms with Gasteiger partial charge in [0.25, 0.3) is 5.91 Å². The Balaban J connectivity index is 1.16. The number of rotatable bonds is 45. The zero-order valence-electron chi connectivity index (χ0n) is 59.5. The summed E-state index contributed by atoms with van der Waals surface area (Å²) in [6, 6.07) is 8.80. The standard InChI is InChI=1S/C69H111N13O16S/c1-11-29-82(66(89)59(46(8)13-3)78-63(87)55-18-14-15-30-81(55)10)56(44(4)5)41-57(96-31-12-2)65-77-54(43-99-65)62(86)75-51(40-48-21-25-52(83)26-22-48)39-47(9)60(84)79-80-69(92)97-38-37-95-36-35-94-34-33-93-32-28-73-68(91)98-42-49-19-23-50(24-20-49)74-61(85)53(17-16-27-72-67(71)90)76-64(88)58(70)45(6)7/h19-26,43-47,51,53,55-59,83H,11-18,27-42,70H2,1-10H3,(H,73,91)(H,74,85)(H,75,86)(H,76,88)(H,78,87)(H,79,84)(H,80,92)(H3,71,72,90). The molecule has 2 heterocycles. The van der Waals surface area contributed by atoms with Crippen LogP contribution in [0.15, 0.2) is 53.9 Å². The van der Waals surface area contributed by atoms with Crippen LogP contribution in [0, 0.1) is 23.7 Å². The number of urea groups is 1. The van der Waals surface area contributed by atoms with Crippen LogP contribution in [0.25, 0.3) is 0 Å². The van der Waals surface area contributed by atoms with Gasteiger partial charge in [0.15, 0.2) is 0 Å². The number of thiazole rings is 1. The van der Waals surface area contributed by atoms with Gasteiger partial charge in [-0.25, -0.2) is 24.8 Å². The van der Waals surface area contributed by atoms with E-state index in [9.17, 15) is 48.3 Å². The van der Waals surface area contributed by atoms with E-state index < -0.39 is 78.0 Å². The maximum absolute atomic E-state index is 14.8. The lowest BCUT2D eigenvalue weighted by Crippen LogP contribution is -2.58. The van der Waals surface area contributed by atoms with Gasteiger partial charge >= 0.3 is 18.2 Å². The highest BCUT2D eigenvalue weighted by Gasteiger charge is 2.39. The van der Waals surface area contributed by atoms with Gasteiger partial charge in [0, 0.05) is 61.7 Å². The van der Waals surface area contributed by atoms with Crippen molar-refractivity contribution in [3.8, 4) is 5.75 Å². The molecule has 2 aromatic carbocycles. The minimum absolute atomic E-state index is 0.000422. The van der Waals surface area contributed by atoms with Crippen LogP contribution < -0.4 is 54.2 Å². The smallest absolute Gasteiger partial charge is 0.426 e. The zero-order valence-corrected chi connectivity index (χ0v) is 60.3. The number of carbonyl (C=O) groups excluding carboxylic acids is 9. The number of likely N-dealkylation sites (N-methyl/N-ethyl adjacent to an activating group) is 1. The summed E-state index contributed by atoms with van der Waals surface area (Å²) >= 11 is 1.29. The summed E-state index contributed by atoms with van der Waals surface area (Å²) in [7, 11) is 1.96. The first kappa shape index (κ1) is 83.7. The fraction of sp³-hybridized carbons (Fsp3) is 0.652. The fourth-order valence-corrected chi connectivity index (χ4v) is 11.7. The lowest BCUT2D eigenvalue weighted by atomic mass is 9.92. The number of phenolic OH excluding ortho intramolecular Hbond substituents is 1. The Labute approximate surface area is 587 Å². The van der Waals surface area contributed by atoms with Crippen molar-refractivity contribution in [1.82, 2.24) is 52.2 Å². The summed E-state index contributed by atoms with van der Waals surface area (Å²) in [5.74, 6) is -3.13. The second-order valence-electron chi connectivity index (χ2n) is 25.6. The normalized spacial score (nSPS) is 15.6. The number of carbonyl (C=O) groups is 9. The molecule has 554 valence electrons. The van der Waals surface area contributed by atoms with Crippen molar-refractivity contribution in [1.29, 1.82) is 0 Å². The molecule has 30 heteroatoms. The highest BCUT2D eigenvalue weighted by atomic mass is 32.1. The number of piperidine rings is 1. The van der Waals surface area contributed by atoms with Crippen molar-refractivity contribution < 1.29 is 76.7 Å². The Morgan fingerprint density at radius 1 is 0.717 bits per heavy atom. The minimum Gasteiger partial charge on any atom is -0.508 e. The molecular formula is C69H111N13O16S. The maximum Gasteiger partial charge on any atom is 0.426 e. The Bertz CT molecular complexity index is 2940. The van der Waals surface area contributed by atoms with Crippen LogP contribution in [0.4, 0.5) is 20.1 Å². The third-order valence-electron chi connectivity index (χ3n) is 16.8. The predicted octanol–water partition coefficient (Wildman–Crippen LogP) is 5.94. The number of benzene rings is 2. The Kier molecular flexibility index (Phi) is 38.7. The second kappa shape index (κ2) is 45.8. The van der Waals surface area contributed by atoms with Crippen LogP contribution in [0.2, 0.25) is 0 Å². The molecule has 1 saturated heterocycles. The molecule has 29 nitrogen and oxygen atoms in total. The molecule has 4 rings (SSSR count). The van der Waals surface area contributed by atoms with Gasteiger partial charge in [-0.15, -0.1) is 11.3 Å². The minimum atomic E-state index is -0.925. The number of nitrogens with zero attached hydrogens (tertiary/aromatic N) is 3. The van der Waals surface area contributed by atoms with Crippen molar-refractivity contribution in [2.24, 2.45) is 35.1 Å². The first-order chi connectivity index (χ1) is 47.3. The molecule has 0 bridgehead atoms. The van der Waals surface area contributed by atoms with E-state index in [1.165, 1.54) is 23.5 Å². The number of nitrogens with two attached hydrogens (primary N) is 2. The largest absolute Gasteiger partial charge is 0.508 e. The molecule has 13 N–H and O–H groups in total. The molecule has 0 spiro atoms. The van der Waals surface area contributed by atoms with Crippen molar-refractivity contribution in [2.45, 2.75) is 182 Å². The number of hydrogen-bond acceptors (Lipinski definition) is 20. The Morgan fingerprint density at radius 3 is 2.01 bits per heavy atom. The van der Waals surface area contributed by atoms with Gasteiger partial charge in [-0.2, -0.15) is 0 Å². The van der Waals surface area contributed by atoms with Gasteiger partial charge in [0.05, 0.1) is 51.7 Å². The van der Waals surface area contributed by atoms with Gasteiger partial charge in [-0.3, -0.25) is 39.1 Å². The number of anilines is 1. The lowest BCUT2D eigenvalue weighted by Gasteiger charge is -2.40. The van der Waals surface area contributed by atoms with E-state index >= 15 is 0 Å². The van der Waals surface area contributed by atoms with Crippen molar-refractivity contribution in [3.63, 3.8) is 0 Å². The topological polar surface area (TPSA) is 397 Å². The third-order valence-corrected chi connectivity index (χ3v) is 17.8. The monoisotopic (exact) mass is 1410 g/mol. The summed E-state index contributed by atoms with van der Waals surface area (Å²) in [5, 5.41) is 29.0. The summed E-state index contributed by atoms with van der Waals surface area (Å²) < 4.78 is 33.4. The number of nitrogens with one attached hydrogen (secondary N) is 8. The van der Waals surface area contributed by atoms with Crippen molar-refractivity contribution in [2.75, 3.05) is 91.4 Å². The van der Waals surface area contributed by atoms with Crippen LogP contribution >= 0.6 is 11.3 Å². The first-order valence-corrected chi connectivity index (χ1v) is 35.6. The second-order valence-corrected chi connectivity index (χ2v) is 26.5. The number of aromatic nitrogens is 1. The maximum atomic E-state index is 14.8. The van der Waals surface area contributed by atoms with E-state index in [2.05, 4.69) is 61.5 Å². The van der Waals surface area contributed by atoms with Crippen molar-refractivity contribution >= 4 is 70.7 Å². The molecule has 9 atom stereocenters. The molecule has 0 aliphatic carbocycles. The zero-order chi connectivity index (χ0) is 72.8. The molecule has 99 heavy (non-hydrogen) atoms. The van der Waals surface area contributed by atoms with Gasteiger partial charge in [0.2, 0.25) is 29.5 Å². The Morgan fingerprint density at radius 2 is 1.38 bits per heavy atom. The van der Waals surface area contributed by atoms with E-state index in [-0.39, 0.29) is 132 Å². The average molecular weight is 1410 g/mol. The van der Waals surface area contributed by atoms with Gasteiger partial charge in [0.1, 0.15) is 47.9 Å². The van der Waals surface area contributed by atoms with Crippen LogP contribution in [-0.2, 0) is 65.4 Å². The third kappa shape index (κ3) is 31.1. The number of primary amides is 1. The molecule has 1 fully saturated rings. The number of ether oxygens (including phenoxy) is 6. The number of hydrogen-bond donors (Lipinski definition) is 11. The number of phenols is 1. The van der Waals surface area contributed by atoms with E-state index in [0.717, 1.165) is 37.8 Å². The summed E-state index contributed by atoms with van der Waals surface area (Å²) in [6.45, 7) is 20.6. The number of likely N-dealkylation sites (tertiary alicyclic amines) is 1. The fourth-order valence-electron chi connectivity index (χ4n) is 10.8. The molecule has 9 unspecified atom stereocenters. The SMILES string of the molecule is CCCOC(CC(C(C)C)N(CCC)C(=O)C(NC(=O)C1CCCCN1C)C(C)CC)c1nc(C(=O)NC(Cc2ccc(O)cc2)CC(C)C(=O)NNC(=O)OCCOCCOCCOCCNC(=O)OCc2ccc(NC(=O)C(CCCNC(N)=O)NC(=O)C(N)C(C)C)cc2)cs1. The van der Waals surface area contributed by atoms with E-state index in [1.807, 2.05) is 39.6 Å². The molecule has 1 aliphatic rings. The molecule has 1 aromatic heterocycles. The van der Waals surface area contributed by atoms with Gasteiger partial charge < -0.3 is 81.8 Å². The number of hydrazine groups is 1. The molecular weight excluding hydrogens is 1300 g/mol. The van der Waals surface area contributed by atoms with Crippen LogP contribution in [0.3, 0.4) is 0 Å². The summed E-state index contributed by atoms with van der Waals surface area (Å²) in [4.78, 5) is 127. The van der Waals surface area contributed by atoms with Crippen molar-refractivity contribution in [3.05, 3.63) is 75.7 Å². The highest BCUT2D eigenvalue weighted by molar-refractivity contribution is 7.09. The summed E-state index contributed by atoms with van der Waals surface area (Å²) in [5.41, 5.74) is 17.8. The quantitative estimate of drug-likeness (QED) is 0.0230. The number of aromatic hydroxyl groups is 1. The average Bonchev–Trinajstić information content (AvgIpc) is 1.69. The predicted molar refractivity (Wildman–Crippen MR) is 375 cm³/mol. The highest BCUT2D eigenvalue weighted by Crippen LogP contribution is 2.32. The Hall–Kier alpha value is -7.74. The van der Waals surface area contributed by atoms with Gasteiger partial charge in [-0.05, 0) is 118 Å². The molecule has 3 aromatic rings. The van der Waals surface area contributed by atoms with E-state index in [4.69, 9.17) is 44.9 Å². The van der Waals surface area contributed by atoms with E-state index in [0.29, 0.717) is 61.5 Å².